The number of hydrogen-bond donors (Lipinski definition) is 1. The Hall–Kier alpha value is -0.630. The first-order chi connectivity index (χ1) is 9.95. The van der Waals surface area contributed by atoms with Gasteiger partial charge in [0, 0.05) is 29.4 Å². The van der Waals surface area contributed by atoms with Crippen LogP contribution < -0.4 is 0 Å². The van der Waals surface area contributed by atoms with Crippen molar-refractivity contribution in [2.24, 2.45) is 5.92 Å². The number of carboxylic acids is 1. The minimum atomic E-state index is -0.893. The molecule has 0 spiro atoms. The Labute approximate surface area is 140 Å². The first-order valence-corrected chi connectivity index (χ1v) is 8.40. The number of halogens is 2. The molecule has 0 aromatic carbocycles. The summed E-state index contributed by atoms with van der Waals surface area (Å²) in [7, 11) is 1.55. The SMILES string of the molecule is COCCN1C(=O)CCC(C(=O)O)C1c1cc(Br)c(Cl)s1. The average Bonchev–Trinajstić information content (AvgIpc) is 2.76. The summed E-state index contributed by atoms with van der Waals surface area (Å²) in [5.41, 5.74) is 0. The third kappa shape index (κ3) is 3.59. The van der Waals surface area contributed by atoms with Crippen molar-refractivity contribution in [1.29, 1.82) is 0 Å². The van der Waals surface area contributed by atoms with Crippen molar-refractivity contribution in [3.05, 3.63) is 19.8 Å². The second-order valence-electron chi connectivity index (χ2n) is 4.78. The van der Waals surface area contributed by atoms with E-state index in [1.165, 1.54) is 11.3 Å². The zero-order valence-electron chi connectivity index (χ0n) is 11.3. The van der Waals surface area contributed by atoms with Gasteiger partial charge in [-0.1, -0.05) is 11.6 Å². The van der Waals surface area contributed by atoms with Gasteiger partial charge >= 0.3 is 5.97 Å². The molecule has 1 aliphatic rings. The Kier molecular flexibility index (Phi) is 5.65. The number of carbonyl (C=O) groups is 2. The van der Waals surface area contributed by atoms with E-state index in [4.69, 9.17) is 16.3 Å². The van der Waals surface area contributed by atoms with Crippen molar-refractivity contribution in [2.45, 2.75) is 18.9 Å². The van der Waals surface area contributed by atoms with Crippen LogP contribution >= 0.6 is 38.9 Å². The van der Waals surface area contributed by atoms with Gasteiger partial charge in [-0.15, -0.1) is 11.3 Å². The van der Waals surface area contributed by atoms with Gasteiger partial charge in [-0.3, -0.25) is 9.59 Å². The van der Waals surface area contributed by atoms with E-state index in [0.29, 0.717) is 23.9 Å². The van der Waals surface area contributed by atoms with Gasteiger partial charge in [0.1, 0.15) is 4.34 Å². The Bertz CT molecular complexity index is 531. The number of likely N-dealkylation sites (tertiary alicyclic amines) is 1. The maximum atomic E-state index is 12.2. The van der Waals surface area contributed by atoms with Gasteiger partial charge in [-0.2, -0.15) is 0 Å². The number of carboxylic acid groups (broad SMARTS) is 1. The van der Waals surface area contributed by atoms with E-state index in [1.807, 2.05) is 0 Å². The zero-order valence-corrected chi connectivity index (χ0v) is 14.5. The van der Waals surface area contributed by atoms with E-state index >= 15 is 0 Å². The highest BCUT2D eigenvalue weighted by atomic mass is 79.9. The molecule has 1 N–H and O–H groups in total. The fourth-order valence-electron chi connectivity index (χ4n) is 2.53. The highest BCUT2D eigenvalue weighted by molar-refractivity contribution is 9.10. The predicted octanol–water partition coefficient (Wildman–Crippen LogP) is 3.17. The Morgan fingerprint density at radius 2 is 2.38 bits per heavy atom. The van der Waals surface area contributed by atoms with Crippen LogP contribution in [0.25, 0.3) is 0 Å². The fourth-order valence-corrected chi connectivity index (χ4v) is 4.44. The molecule has 21 heavy (non-hydrogen) atoms. The molecule has 1 aromatic heterocycles. The number of piperidine rings is 1. The van der Waals surface area contributed by atoms with Crippen molar-refractivity contribution in [3.8, 4) is 0 Å². The van der Waals surface area contributed by atoms with E-state index in [-0.39, 0.29) is 12.3 Å². The van der Waals surface area contributed by atoms with Crippen LogP contribution in [0.5, 0.6) is 0 Å². The van der Waals surface area contributed by atoms with E-state index in [1.54, 1.807) is 18.1 Å². The minimum absolute atomic E-state index is 0.0461. The van der Waals surface area contributed by atoms with Gasteiger partial charge < -0.3 is 14.7 Å². The minimum Gasteiger partial charge on any atom is -0.481 e. The van der Waals surface area contributed by atoms with E-state index in [0.717, 1.165) is 9.35 Å². The van der Waals surface area contributed by atoms with Crippen LogP contribution in [0.3, 0.4) is 0 Å². The number of methoxy groups -OCH3 is 1. The van der Waals surface area contributed by atoms with E-state index < -0.39 is 17.9 Å². The number of nitrogens with zero attached hydrogens (tertiary/aromatic N) is 1. The summed E-state index contributed by atoms with van der Waals surface area (Å²) in [4.78, 5) is 26.1. The quantitative estimate of drug-likeness (QED) is 0.830. The first kappa shape index (κ1) is 16.7. The van der Waals surface area contributed by atoms with Crippen molar-refractivity contribution >= 4 is 50.7 Å². The molecule has 1 fully saturated rings. The molecule has 0 bridgehead atoms. The molecular formula is C13H15BrClNO4S. The molecule has 5 nitrogen and oxygen atoms in total. The smallest absolute Gasteiger partial charge is 0.308 e. The molecule has 1 aliphatic heterocycles. The largest absolute Gasteiger partial charge is 0.481 e. The van der Waals surface area contributed by atoms with Crippen LogP contribution in [0.4, 0.5) is 0 Å². The predicted molar refractivity (Wildman–Crippen MR) is 83.7 cm³/mol. The summed E-state index contributed by atoms with van der Waals surface area (Å²) >= 11 is 10.7. The average molecular weight is 397 g/mol. The van der Waals surface area contributed by atoms with Gasteiger partial charge in [0.05, 0.1) is 18.6 Å². The normalized spacial score (nSPS) is 22.6. The van der Waals surface area contributed by atoms with Crippen molar-refractivity contribution in [3.63, 3.8) is 0 Å². The molecule has 2 heterocycles. The fraction of sp³-hybridized carbons (Fsp3) is 0.538. The summed E-state index contributed by atoms with van der Waals surface area (Å²) in [6, 6.07) is 1.30. The van der Waals surface area contributed by atoms with Crippen LogP contribution in [0.2, 0.25) is 4.34 Å². The second kappa shape index (κ2) is 7.09. The Morgan fingerprint density at radius 1 is 1.67 bits per heavy atom. The van der Waals surface area contributed by atoms with E-state index in [9.17, 15) is 14.7 Å². The van der Waals surface area contributed by atoms with Crippen molar-refractivity contribution in [2.75, 3.05) is 20.3 Å². The van der Waals surface area contributed by atoms with Crippen LogP contribution in [-0.4, -0.2) is 42.1 Å². The second-order valence-corrected chi connectivity index (χ2v) is 7.32. The lowest BCUT2D eigenvalue weighted by Crippen LogP contribution is -2.46. The number of carbonyl (C=O) groups excluding carboxylic acids is 1. The van der Waals surface area contributed by atoms with Crippen LogP contribution in [0.15, 0.2) is 10.5 Å². The van der Waals surface area contributed by atoms with Gasteiger partial charge in [0.2, 0.25) is 5.91 Å². The summed E-state index contributed by atoms with van der Waals surface area (Å²) in [5, 5.41) is 9.47. The summed E-state index contributed by atoms with van der Waals surface area (Å²) in [6.07, 6.45) is 0.590. The zero-order chi connectivity index (χ0) is 15.6. The molecular weight excluding hydrogens is 382 g/mol. The number of aliphatic carboxylic acids is 1. The monoisotopic (exact) mass is 395 g/mol. The molecule has 0 saturated carbocycles. The maximum Gasteiger partial charge on any atom is 0.308 e. The topological polar surface area (TPSA) is 66.8 Å². The molecule has 1 amide bonds. The summed E-state index contributed by atoms with van der Waals surface area (Å²) < 4.78 is 6.30. The van der Waals surface area contributed by atoms with Gasteiger partial charge in [0.25, 0.3) is 0 Å². The highest BCUT2D eigenvalue weighted by Gasteiger charge is 2.41. The lowest BCUT2D eigenvalue weighted by molar-refractivity contribution is -0.152. The molecule has 2 atom stereocenters. The molecule has 2 rings (SSSR count). The molecule has 1 saturated heterocycles. The lowest BCUT2D eigenvalue weighted by atomic mass is 9.87. The lowest BCUT2D eigenvalue weighted by Gasteiger charge is -2.38. The highest BCUT2D eigenvalue weighted by Crippen LogP contribution is 2.43. The Morgan fingerprint density at radius 3 is 2.90 bits per heavy atom. The molecule has 2 unspecified atom stereocenters. The first-order valence-electron chi connectivity index (χ1n) is 6.41. The van der Waals surface area contributed by atoms with Gasteiger partial charge in [-0.05, 0) is 28.4 Å². The van der Waals surface area contributed by atoms with Crippen LogP contribution in [0.1, 0.15) is 23.8 Å². The summed E-state index contributed by atoms with van der Waals surface area (Å²) in [6.45, 7) is 0.742. The Balaban J connectivity index is 2.38. The van der Waals surface area contributed by atoms with Crippen molar-refractivity contribution in [1.82, 2.24) is 4.90 Å². The van der Waals surface area contributed by atoms with Gasteiger partial charge in [-0.25, -0.2) is 0 Å². The molecule has 0 radical (unpaired) electrons. The third-order valence-electron chi connectivity index (χ3n) is 3.52. The summed E-state index contributed by atoms with van der Waals surface area (Å²) in [5.74, 6) is -1.56. The molecule has 8 heteroatoms. The standard InChI is InChI=1S/C13H15BrClNO4S/c1-20-5-4-16-10(17)3-2-7(13(18)19)11(16)9-6-8(14)12(15)21-9/h6-7,11H,2-5H2,1H3,(H,18,19). The number of ether oxygens (including phenoxy) is 1. The maximum absolute atomic E-state index is 12.2. The third-order valence-corrected chi connectivity index (χ3v) is 6.06. The van der Waals surface area contributed by atoms with Crippen LogP contribution in [0, 0.1) is 5.92 Å². The van der Waals surface area contributed by atoms with E-state index in [2.05, 4.69) is 15.9 Å². The van der Waals surface area contributed by atoms with Crippen LogP contribution in [-0.2, 0) is 14.3 Å². The number of amides is 1. The number of hydrogen-bond acceptors (Lipinski definition) is 4. The molecule has 116 valence electrons. The van der Waals surface area contributed by atoms with Crippen molar-refractivity contribution < 1.29 is 19.4 Å². The number of rotatable bonds is 5. The number of thiophene rings is 1. The molecule has 0 aliphatic carbocycles. The molecule has 1 aromatic rings. The van der Waals surface area contributed by atoms with Gasteiger partial charge in [0.15, 0.2) is 0 Å².